The van der Waals surface area contributed by atoms with Gasteiger partial charge in [0.1, 0.15) is 5.75 Å². The normalized spacial score (nSPS) is 11.7. The van der Waals surface area contributed by atoms with E-state index in [4.69, 9.17) is 9.47 Å². The van der Waals surface area contributed by atoms with E-state index < -0.39 is 0 Å². The van der Waals surface area contributed by atoms with Crippen molar-refractivity contribution in [1.82, 2.24) is 5.32 Å². The number of nitrogens with one attached hydrogen (secondary N) is 1. The van der Waals surface area contributed by atoms with Crippen LogP contribution in [0.4, 0.5) is 0 Å². The predicted octanol–water partition coefficient (Wildman–Crippen LogP) is 4.45. The summed E-state index contributed by atoms with van der Waals surface area (Å²) in [5, 5.41) is 3.44. The van der Waals surface area contributed by atoms with Crippen molar-refractivity contribution < 1.29 is 9.47 Å². The summed E-state index contributed by atoms with van der Waals surface area (Å²) in [7, 11) is 1.74. The van der Waals surface area contributed by atoms with Gasteiger partial charge in [-0.05, 0) is 51.4 Å². The lowest BCUT2D eigenvalue weighted by atomic mass is 10.1. The highest BCUT2D eigenvalue weighted by Gasteiger charge is 2.17. The van der Waals surface area contributed by atoms with Gasteiger partial charge in [0.15, 0.2) is 0 Å². The van der Waals surface area contributed by atoms with Crippen molar-refractivity contribution in [2.24, 2.45) is 0 Å². The minimum Gasteiger partial charge on any atom is -0.493 e. The van der Waals surface area contributed by atoms with Gasteiger partial charge < -0.3 is 14.8 Å². The van der Waals surface area contributed by atoms with Gasteiger partial charge in [-0.15, -0.1) is 0 Å². The van der Waals surface area contributed by atoms with Crippen molar-refractivity contribution in [3.8, 4) is 5.75 Å². The molecule has 3 nitrogen and oxygen atoms in total. The van der Waals surface area contributed by atoms with Gasteiger partial charge in [0.25, 0.3) is 0 Å². The largest absolute Gasteiger partial charge is 0.493 e. The third-order valence-corrected chi connectivity index (χ3v) is 4.02. The Hall–Kier alpha value is -0.580. The molecule has 0 aliphatic carbocycles. The zero-order chi connectivity index (χ0) is 15.9. The van der Waals surface area contributed by atoms with Crippen LogP contribution in [0.5, 0.6) is 5.75 Å². The van der Waals surface area contributed by atoms with Gasteiger partial charge in [-0.1, -0.05) is 22.9 Å². The molecule has 0 aliphatic heterocycles. The molecule has 0 aliphatic rings. The fourth-order valence-electron chi connectivity index (χ4n) is 2.04. The van der Waals surface area contributed by atoms with Crippen LogP contribution in [0.1, 0.15) is 44.7 Å². The van der Waals surface area contributed by atoms with E-state index >= 15 is 0 Å². The highest BCUT2D eigenvalue weighted by atomic mass is 79.9. The van der Waals surface area contributed by atoms with Gasteiger partial charge in [0.2, 0.25) is 0 Å². The fourth-order valence-corrected chi connectivity index (χ4v) is 2.66. The van der Waals surface area contributed by atoms with Gasteiger partial charge in [-0.2, -0.15) is 0 Å². The van der Waals surface area contributed by atoms with Crippen molar-refractivity contribution in [1.29, 1.82) is 0 Å². The van der Waals surface area contributed by atoms with Gasteiger partial charge in [-0.3, -0.25) is 0 Å². The van der Waals surface area contributed by atoms with E-state index in [0.29, 0.717) is 6.61 Å². The zero-order valence-corrected chi connectivity index (χ0v) is 15.5. The van der Waals surface area contributed by atoms with Crippen LogP contribution < -0.4 is 10.1 Å². The van der Waals surface area contributed by atoms with E-state index in [1.54, 1.807) is 7.11 Å². The summed E-state index contributed by atoms with van der Waals surface area (Å²) in [6, 6.07) is 4.23. The maximum atomic E-state index is 6.05. The first kappa shape index (κ1) is 18.5. The van der Waals surface area contributed by atoms with E-state index in [1.165, 1.54) is 5.56 Å². The number of methoxy groups -OCH3 is 1. The molecule has 0 fully saturated rings. The second kappa shape index (κ2) is 8.76. The third-order valence-electron chi connectivity index (χ3n) is 3.56. The van der Waals surface area contributed by atoms with Crippen LogP contribution in [0.2, 0.25) is 0 Å². The molecule has 0 saturated heterocycles. The standard InChI is InChI=1S/C17H28BrNO2/c1-6-8-19-12-14-11-15(18)10-13(2)16(14)21-9-7-17(3,4)20-5/h10-11,19H,6-9,12H2,1-5H3. The molecule has 1 aromatic carbocycles. The molecule has 0 atom stereocenters. The van der Waals surface area contributed by atoms with E-state index in [0.717, 1.165) is 41.7 Å². The second-order valence-corrected chi connectivity index (χ2v) is 6.87. The molecular formula is C17H28BrNO2. The number of rotatable bonds is 9. The smallest absolute Gasteiger partial charge is 0.126 e. The molecule has 1 N–H and O–H groups in total. The number of benzene rings is 1. The number of aryl methyl sites for hydroxylation is 1. The monoisotopic (exact) mass is 357 g/mol. The number of hydrogen-bond donors (Lipinski definition) is 1. The van der Waals surface area contributed by atoms with Gasteiger partial charge in [0, 0.05) is 30.1 Å². The molecule has 4 heteroatoms. The lowest BCUT2D eigenvalue weighted by Crippen LogP contribution is -2.25. The van der Waals surface area contributed by atoms with Crippen LogP contribution in [-0.4, -0.2) is 25.9 Å². The maximum absolute atomic E-state index is 6.05. The average molecular weight is 358 g/mol. The van der Waals surface area contributed by atoms with Crippen LogP contribution >= 0.6 is 15.9 Å². The molecule has 0 bridgehead atoms. The Morgan fingerprint density at radius 1 is 1.29 bits per heavy atom. The molecule has 0 unspecified atom stereocenters. The van der Waals surface area contributed by atoms with Crippen molar-refractivity contribution in [3.63, 3.8) is 0 Å². The summed E-state index contributed by atoms with van der Waals surface area (Å²) < 4.78 is 12.6. The van der Waals surface area contributed by atoms with Crippen molar-refractivity contribution in [2.75, 3.05) is 20.3 Å². The summed E-state index contributed by atoms with van der Waals surface area (Å²) in [6.07, 6.45) is 1.99. The summed E-state index contributed by atoms with van der Waals surface area (Å²) in [6.45, 7) is 10.9. The van der Waals surface area contributed by atoms with Crippen molar-refractivity contribution in [2.45, 2.75) is 52.7 Å². The molecule has 1 aromatic rings. The molecule has 21 heavy (non-hydrogen) atoms. The summed E-state index contributed by atoms with van der Waals surface area (Å²) in [5.41, 5.74) is 2.21. The Balaban J connectivity index is 2.74. The van der Waals surface area contributed by atoms with Crippen LogP contribution in [0.25, 0.3) is 0 Å². The molecule has 0 heterocycles. The van der Waals surface area contributed by atoms with Gasteiger partial charge >= 0.3 is 0 Å². The lowest BCUT2D eigenvalue weighted by molar-refractivity contribution is 0.00531. The van der Waals surface area contributed by atoms with Crippen molar-refractivity contribution >= 4 is 15.9 Å². The van der Waals surface area contributed by atoms with Crippen molar-refractivity contribution in [3.05, 3.63) is 27.7 Å². The summed E-state index contributed by atoms with van der Waals surface area (Å²) in [5.74, 6) is 0.994. The first-order chi connectivity index (χ1) is 9.89. The van der Waals surface area contributed by atoms with Crippen LogP contribution in [0.15, 0.2) is 16.6 Å². The SMILES string of the molecule is CCCNCc1cc(Br)cc(C)c1OCCC(C)(C)OC. The molecule has 0 saturated carbocycles. The van der Waals surface area contributed by atoms with E-state index in [-0.39, 0.29) is 5.60 Å². The molecule has 0 aromatic heterocycles. The van der Waals surface area contributed by atoms with Gasteiger partial charge in [-0.25, -0.2) is 0 Å². The Kier molecular flexibility index (Phi) is 7.71. The minimum absolute atomic E-state index is 0.149. The highest BCUT2D eigenvalue weighted by molar-refractivity contribution is 9.10. The van der Waals surface area contributed by atoms with Crippen LogP contribution in [-0.2, 0) is 11.3 Å². The number of ether oxygens (including phenoxy) is 2. The number of halogens is 1. The third kappa shape index (κ3) is 6.37. The lowest BCUT2D eigenvalue weighted by Gasteiger charge is -2.23. The maximum Gasteiger partial charge on any atom is 0.126 e. The Labute approximate surface area is 137 Å². The van der Waals surface area contributed by atoms with E-state index in [2.05, 4.69) is 61.1 Å². The topological polar surface area (TPSA) is 30.5 Å². The molecule has 0 radical (unpaired) electrons. The van der Waals surface area contributed by atoms with Gasteiger partial charge in [0.05, 0.1) is 12.2 Å². The van der Waals surface area contributed by atoms with Crippen LogP contribution in [0, 0.1) is 6.92 Å². The average Bonchev–Trinajstić information content (AvgIpc) is 2.41. The molecule has 120 valence electrons. The van der Waals surface area contributed by atoms with E-state index in [9.17, 15) is 0 Å². The Morgan fingerprint density at radius 2 is 2.00 bits per heavy atom. The first-order valence-electron chi connectivity index (χ1n) is 7.57. The molecular weight excluding hydrogens is 330 g/mol. The van der Waals surface area contributed by atoms with E-state index in [1.807, 2.05) is 0 Å². The summed E-state index contributed by atoms with van der Waals surface area (Å²) >= 11 is 3.56. The molecule has 1 rings (SSSR count). The molecule has 0 spiro atoms. The minimum atomic E-state index is -0.149. The Bertz CT molecular complexity index is 447. The molecule has 0 amide bonds. The van der Waals surface area contributed by atoms with Crippen LogP contribution in [0.3, 0.4) is 0 Å². The first-order valence-corrected chi connectivity index (χ1v) is 8.36. The quantitative estimate of drug-likeness (QED) is 0.662. The zero-order valence-electron chi connectivity index (χ0n) is 13.9. The predicted molar refractivity (Wildman–Crippen MR) is 92.1 cm³/mol. The fraction of sp³-hybridized carbons (Fsp3) is 0.647. The highest BCUT2D eigenvalue weighted by Crippen LogP contribution is 2.28. The second-order valence-electron chi connectivity index (χ2n) is 5.95. The number of hydrogen-bond acceptors (Lipinski definition) is 3. The summed E-state index contributed by atoms with van der Waals surface area (Å²) in [4.78, 5) is 0. The Morgan fingerprint density at radius 3 is 2.62 bits per heavy atom.